The minimum atomic E-state index is -2.65. The lowest BCUT2D eigenvalue weighted by atomic mass is 10.3. The van der Waals surface area contributed by atoms with E-state index in [0.717, 1.165) is 12.8 Å². The summed E-state index contributed by atoms with van der Waals surface area (Å²) in [6.45, 7) is 4.01. The van der Waals surface area contributed by atoms with Crippen LogP contribution >= 0.6 is 0 Å². The Balaban J connectivity index is 4.19. The number of rotatable bonds is 8. The molecule has 0 amide bonds. The highest BCUT2D eigenvalue weighted by Gasteiger charge is 2.46. The minimum Gasteiger partial charge on any atom is -0.494 e. The molecule has 0 bridgehead atoms. The molecule has 0 aliphatic heterocycles. The van der Waals surface area contributed by atoms with E-state index in [1.807, 2.05) is 13.0 Å². The van der Waals surface area contributed by atoms with Gasteiger partial charge in [0.05, 0.1) is 6.26 Å². The molecule has 1 atom stereocenters. The van der Waals surface area contributed by atoms with Gasteiger partial charge in [-0.2, -0.15) is 0 Å². The van der Waals surface area contributed by atoms with Crippen LogP contribution in [0.1, 0.15) is 26.7 Å². The lowest BCUT2D eigenvalue weighted by molar-refractivity contribution is 0.0578. The second-order valence-electron chi connectivity index (χ2n) is 3.15. The van der Waals surface area contributed by atoms with Crippen LogP contribution in [0.4, 0.5) is 0 Å². The molecule has 0 aliphatic carbocycles. The van der Waals surface area contributed by atoms with Crippen molar-refractivity contribution in [1.82, 2.24) is 0 Å². The van der Waals surface area contributed by atoms with Gasteiger partial charge in [0.1, 0.15) is 0 Å². The van der Waals surface area contributed by atoms with Crippen LogP contribution in [0.25, 0.3) is 0 Å². The first-order chi connectivity index (χ1) is 7.16. The van der Waals surface area contributed by atoms with Gasteiger partial charge in [-0.15, -0.1) is 0 Å². The van der Waals surface area contributed by atoms with Crippen molar-refractivity contribution < 1.29 is 18.0 Å². The van der Waals surface area contributed by atoms with Crippen molar-refractivity contribution in [2.75, 3.05) is 21.3 Å². The standard InChI is InChI=1S/C10H22O4Si/c1-6-7-8-9-14-10(2)15(11-3,12-4)13-5/h8-10H,6-7H2,1-5H3/b9-8-. The van der Waals surface area contributed by atoms with E-state index >= 15 is 0 Å². The molecule has 0 rings (SSSR count). The Labute approximate surface area is 93.5 Å². The molecule has 1 unspecified atom stereocenters. The summed E-state index contributed by atoms with van der Waals surface area (Å²) >= 11 is 0. The Morgan fingerprint density at radius 1 is 1.13 bits per heavy atom. The molecule has 0 N–H and O–H groups in total. The van der Waals surface area contributed by atoms with E-state index in [-0.39, 0.29) is 5.73 Å². The molecule has 90 valence electrons. The summed E-state index contributed by atoms with van der Waals surface area (Å²) in [7, 11) is 2.08. The fourth-order valence-electron chi connectivity index (χ4n) is 1.24. The Kier molecular flexibility index (Phi) is 7.68. The van der Waals surface area contributed by atoms with E-state index in [4.69, 9.17) is 18.0 Å². The molecule has 0 radical (unpaired) electrons. The Hall–Kier alpha value is -0.363. The van der Waals surface area contributed by atoms with Crippen LogP contribution in [-0.2, 0) is 18.0 Å². The van der Waals surface area contributed by atoms with Crippen molar-refractivity contribution in [2.24, 2.45) is 0 Å². The summed E-state index contributed by atoms with van der Waals surface area (Å²) < 4.78 is 21.4. The molecule has 4 nitrogen and oxygen atoms in total. The third-order valence-corrected chi connectivity index (χ3v) is 5.02. The molecule has 0 aromatic rings. The van der Waals surface area contributed by atoms with E-state index in [0.29, 0.717) is 0 Å². The topological polar surface area (TPSA) is 36.9 Å². The number of hydrogen-bond donors (Lipinski definition) is 0. The lowest BCUT2D eigenvalue weighted by Gasteiger charge is -2.29. The normalized spacial score (nSPS) is 14.5. The highest BCUT2D eigenvalue weighted by Crippen LogP contribution is 2.14. The Morgan fingerprint density at radius 2 is 1.67 bits per heavy atom. The van der Waals surface area contributed by atoms with Crippen LogP contribution in [0.5, 0.6) is 0 Å². The summed E-state index contributed by atoms with van der Waals surface area (Å²) in [5.74, 6) is 0. The molecule has 5 heteroatoms. The maximum Gasteiger partial charge on any atom is 0.542 e. The zero-order valence-electron chi connectivity index (χ0n) is 10.3. The lowest BCUT2D eigenvalue weighted by Crippen LogP contribution is -2.53. The average Bonchev–Trinajstić information content (AvgIpc) is 2.28. The molecule has 0 fully saturated rings. The molecule has 0 spiro atoms. The van der Waals surface area contributed by atoms with Crippen molar-refractivity contribution in [3.05, 3.63) is 12.3 Å². The van der Waals surface area contributed by atoms with Gasteiger partial charge in [-0.3, -0.25) is 0 Å². The van der Waals surface area contributed by atoms with Gasteiger partial charge in [-0.1, -0.05) is 13.3 Å². The maximum absolute atomic E-state index is 5.49. The van der Waals surface area contributed by atoms with Gasteiger partial charge in [0.25, 0.3) is 0 Å². The molecule has 0 saturated carbocycles. The second kappa shape index (κ2) is 7.87. The van der Waals surface area contributed by atoms with Gasteiger partial charge in [-0.25, -0.2) is 0 Å². The van der Waals surface area contributed by atoms with Gasteiger partial charge in [0, 0.05) is 21.3 Å². The fraction of sp³-hybridized carbons (Fsp3) is 0.800. The molecule has 0 aromatic carbocycles. The van der Waals surface area contributed by atoms with Gasteiger partial charge in [0.2, 0.25) is 0 Å². The summed E-state index contributed by atoms with van der Waals surface area (Å²) in [6, 6.07) is 0. The largest absolute Gasteiger partial charge is 0.542 e. The smallest absolute Gasteiger partial charge is 0.494 e. The first kappa shape index (κ1) is 14.6. The van der Waals surface area contributed by atoms with Crippen molar-refractivity contribution in [2.45, 2.75) is 32.4 Å². The monoisotopic (exact) mass is 234 g/mol. The van der Waals surface area contributed by atoms with E-state index < -0.39 is 8.80 Å². The van der Waals surface area contributed by atoms with Crippen LogP contribution in [-0.4, -0.2) is 35.9 Å². The fourth-order valence-corrected chi connectivity index (χ4v) is 2.98. The van der Waals surface area contributed by atoms with Crippen LogP contribution < -0.4 is 0 Å². The summed E-state index contributed by atoms with van der Waals surface area (Å²) in [4.78, 5) is 0. The predicted octanol–water partition coefficient (Wildman–Crippen LogP) is 2.12. The van der Waals surface area contributed by atoms with Crippen molar-refractivity contribution >= 4 is 8.80 Å². The van der Waals surface area contributed by atoms with Gasteiger partial charge < -0.3 is 18.0 Å². The molecule has 0 aromatic heterocycles. The minimum absolute atomic E-state index is 0.203. The molecular formula is C10H22O4Si. The summed E-state index contributed by atoms with van der Waals surface area (Å²) in [6.07, 6.45) is 5.79. The molecule has 0 aliphatic rings. The van der Waals surface area contributed by atoms with Crippen molar-refractivity contribution in [1.29, 1.82) is 0 Å². The highest BCUT2D eigenvalue weighted by molar-refractivity contribution is 6.61. The maximum atomic E-state index is 5.49. The zero-order chi connectivity index (χ0) is 11.7. The Bertz CT molecular complexity index is 172. The highest BCUT2D eigenvalue weighted by atomic mass is 28.4. The quantitative estimate of drug-likeness (QED) is 0.476. The number of allylic oxidation sites excluding steroid dienone is 1. The van der Waals surface area contributed by atoms with Gasteiger partial charge in [-0.05, 0) is 19.4 Å². The SMILES string of the molecule is CCC/C=C\OC(C)[Si](OC)(OC)OC. The van der Waals surface area contributed by atoms with Crippen molar-refractivity contribution in [3.63, 3.8) is 0 Å². The van der Waals surface area contributed by atoms with E-state index in [9.17, 15) is 0 Å². The number of unbranched alkanes of at least 4 members (excludes halogenated alkanes) is 1. The second-order valence-corrected chi connectivity index (χ2v) is 6.40. The molecular weight excluding hydrogens is 212 g/mol. The average molecular weight is 234 g/mol. The first-order valence-corrected chi connectivity index (χ1v) is 6.93. The molecule has 15 heavy (non-hydrogen) atoms. The van der Waals surface area contributed by atoms with Crippen LogP contribution in [0, 0.1) is 0 Å². The summed E-state index contributed by atoms with van der Waals surface area (Å²) in [5, 5.41) is 0. The van der Waals surface area contributed by atoms with Gasteiger partial charge >= 0.3 is 8.80 Å². The molecule has 0 saturated heterocycles. The first-order valence-electron chi connectivity index (χ1n) is 5.12. The van der Waals surface area contributed by atoms with E-state index in [1.54, 1.807) is 27.6 Å². The van der Waals surface area contributed by atoms with E-state index in [1.165, 1.54) is 0 Å². The summed E-state index contributed by atoms with van der Waals surface area (Å²) in [5.41, 5.74) is -0.203. The van der Waals surface area contributed by atoms with Crippen LogP contribution in [0.2, 0.25) is 0 Å². The predicted molar refractivity (Wildman–Crippen MR) is 61.4 cm³/mol. The number of ether oxygens (including phenoxy) is 1. The van der Waals surface area contributed by atoms with Crippen LogP contribution in [0.15, 0.2) is 12.3 Å². The third kappa shape index (κ3) is 4.34. The zero-order valence-corrected chi connectivity index (χ0v) is 11.3. The third-order valence-electron chi connectivity index (χ3n) is 2.19. The van der Waals surface area contributed by atoms with E-state index in [2.05, 4.69) is 6.92 Å². The van der Waals surface area contributed by atoms with Gasteiger partial charge in [0.15, 0.2) is 5.73 Å². The van der Waals surface area contributed by atoms with Crippen molar-refractivity contribution in [3.8, 4) is 0 Å². The number of hydrogen-bond acceptors (Lipinski definition) is 4. The molecule has 0 heterocycles. The van der Waals surface area contributed by atoms with Crippen LogP contribution in [0.3, 0.4) is 0 Å². The Morgan fingerprint density at radius 3 is 2.07 bits per heavy atom.